The number of hydrogen-bond donors (Lipinski definition) is 0. The van der Waals surface area contributed by atoms with Crippen LogP contribution < -0.4 is 4.89 Å². The van der Waals surface area contributed by atoms with E-state index in [1.54, 1.807) is 0 Å². The van der Waals surface area contributed by atoms with Crippen LogP contribution in [0.3, 0.4) is 0 Å². The van der Waals surface area contributed by atoms with Crippen LogP contribution in [0.4, 0.5) is 0 Å². The molecule has 60 heavy (non-hydrogen) atoms. The van der Waals surface area contributed by atoms with Crippen LogP contribution in [-0.4, -0.2) is 82.2 Å². The molecule has 0 N–H and O–H groups in total. The first-order chi connectivity index (χ1) is 28.7. The maximum absolute atomic E-state index is 12.7. The quantitative estimate of drug-likeness (QED) is 0.0159. The number of aryl methyl sites for hydroxylation is 2. The molecule has 1 fully saturated rings. The van der Waals surface area contributed by atoms with E-state index in [1.807, 2.05) is 27.2 Å². The SMILES string of the molecule is CCCCCC1OC1C/C=C\C/C=C\C/C=C\CCCC(=O)O[C@H](COC(=O)CCCCCCCCCCc1oc(CCC)c(C)c1C)COP(=O)([O-])OCC[N+](C)(C)C. The summed E-state index contributed by atoms with van der Waals surface area (Å²) in [6.45, 7) is 8.34. The predicted molar refractivity (Wildman–Crippen MR) is 239 cm³/mol. The zero-order chi connectivity index (χ0) is 44.1. The maximum Gasteiger partial charge on any atom is 0.306 e. The summed E-state index contributed by atoms with van der Waals surface area (Å²) in [5, 5.41) is 0. The first kappa shape index (κ1) is 53.6. The molecule has 344 valence electrons. The van der Waals surface area contributed by atoms with Crippen LogP contribution in [0, 0.1) is 13.8 Å². The zero-order valence-electron chi connectivity index (χ0n) is 38.6. The second kappa shape index (κ2) is 31.3. The Balaban J connectivity index is 1.63. The van der Waals surface area contributed by atoms with E-state index in [1.165, 1.54) is 56.1 Å². The number of ether oxygens (including phenoxy) is 3. The molecule has 1 aromatic rings. The molecular formula is C48H82NO10P. The molecule has 0 bridgehead atoms. The minimum Gasteiger partial charge on any atom is -0.756 e. The third kappa shape index (κ3) is 26.7. The molecule has 3 unspecified atom stereocenters. The first-order valence-corrected chi connectivity index (χ1v) is 24.6. The number of carbonyl (C=O) groups excluding carboxylic acids is 2. The number of likely N-dealkylation sites (N-methyl/N-ethyl adjacent to an activating group) is 1. The molecule has 1 aliphatic rings. The van der Waals surface area contributed by atoms with Gasteiger partial charge >= 0.3 is 11.9 Å². The van der Waals surface area contributed by atoms with Gasteiger partial charge in [-0.1, -0.05) is 108 Å². The Morgan fingerprint density at radius 3 is 2.00 bits per heavy atom. The summed E-state index contributed by atoms with van der Waals surface area (Å²) in [5.74, 6) is 1.36. The van der Waals surface area contributed by atoms with Crippen molar-refractivity contribution in [3.05, 3.63) is 59.1 Å². The van der Waals surface area contributed by atoms with E-state index in [2.05, 4.69) is 58.1 Å². The lowest BCUT2D eigenvalue weighted by Crippen LogP contribution is -2.37. The molecule has 0 saturated carbocycles. The normalized spacial score (nSPS) is 17.2. The van der Waals surface area contributed by atoms with E-state index < -0.39 is 32.5 Å². The number of rotatable bonds is 37. The Hall–Kier alpha value is -2.53. The largest absolute Gasteiger partial charge is 0.756 e. The van der Waals surface area contributed by atoms with E-state index in [-0.39, 0.29) is 26.1 Å². The second-order valence-corrected chi connectivity index (χ2v) is 18.8. The second-order valence-electron chi connectivity index (χ2n) is 17.4. The number of esters is 2. The summed E-state index contributed by atoms with van der Waals surface area (Å²) in [7, 11) is 1.10. The van der Waals surface area contributed by atoms with Crippen molar-refractivity contribution < 1.29 is 51.2 Å². The van der Waals surface area contributed by atoms with E-state index in [4.69, 9.17) is 27.7 Å². The smallest absolute Gasteiger partial charge is 0.306 e. The fourth-order valence-corrected chi connectivity index (χ4v) is 7.52. The van der Waals surface area contributed by atoms with Gasteiger partial charge in [0.25, 0.3) is 7.82 Å². The summed E-state index contributed by atoms with van der Waals surface area (Å²) < 4.78 is 45.8. The van der Waals surface area contributed by atoms with Gasteiger partial charge in [-0.15, -0.1) is 0 Å². The van der Waals surface area contributed by atoms with Gasteiger partial charge in [0, 0.05) is 25.7 Å². The molecule has 1 aliphatic heterocycles. The van der Waals surface area contributed by atoms with Crippen LogP contribution in [0.2, 0.25) is 0 Å². The predicted octanol–water partition coefficient (Wildman–Crippen LogP) is 10.9. The molecule has 2 heterocycles. The summed E-state index contributed by atoms with van der Waals surface area (Å²) in [5.41, 5.74) is 2.62. The van der Waals surface area contributed by atoms with Crippen LogP contribution in [0.25, 0.3) is 0 Å². The van der Waals surface area contributed by atoms with E-state index >= 15 is 0 Å². The Labute approximate surface area is 363 Å². The fraction of sp³-hybridized carbons (Fsp3) is 0.750. The summed E-state index contributed by atoms with van der Waals surface area (Å²) in [6.07, 6.45) is 33.4. The highest BCUT2D eigenvalue weighted by molar-refractivity contribution is 7.45. The Kier molecular flexibility index (Phi) is 28.0. The van der Waals surface area contributed by atoms with Crippen molar-refractivity contribution in [3.8, 4) is 0 Å². The molecule has 0 spiro atoms. The van der Waals surface area contributed by atoms with E-state index in [9.17, 15) is 19.0 Å². The lowest BCUT2D eigenvalue weighted by molar-refractivity contribution is -0.870. The van der Waals surface area contributed by atoms with Gasteiger partial charge in [0.2, 0.25) is 0 Å². The highest BCUT2D eigenvalue weighted by Crippen LogP contribution is 2.38. The monoisotopic (exact) mass is 864 g/mol. The minimum atomic E-state index is -4.66. The molecule has 0 aliphatic carbocycles. The number of carbonyl (C=O) groups is 2. The lowest BCUT2D eigenvalue weighted by Gasteiger charge is -2.28. The number of hydrogen-bond acceptors (Lipinski definition) is 10. The van der Waals surface area contributed by atoms with Crippen molar-refractivity contribution in [3.63, 3.8) is 0 Å². The molecule has 0 amide bonds. The van der Waals surface area contributed by atoms with Crippen LogP contribution in [0.1, 0.15) is 165 Å². The highest BCUT2D eigenvalue weighted by atomic mass is 31.2. The highest BCUT2D eigenvalue weighted by Gasteiger charge is 2.36. The summed E-state index contributed by atoms with van der Waals surface area (Å²) >= 11 is 0. The fourth-order valence-electron chi connectivity index (χ4n) is 6.79. The number of phosphoric ester groups is 1. The zero-order valence-corrected chi connectivity index (χ0v) is 39.5. The molecule has 2 rings (SSSR count). The Morgan fingerprint density at radius 1 is 0.717 bits per heavy atom. The average Bonchev–Trinajstić information content (AvgIpc) is 3.89. The minimum absolute atomic E-state index is 0.0505. The number of quaternary nitrogens is 1. The number of nitrogens with zero attached hydrogens (tertiary/aromatic N) is 1. The van der Waals surface area contributed by atoms with Gasteiger partial charge in [0.15, 0.2) is 6.10 Å². The van der Waals surface area contributed by atoms with Crippen molar-refractivity contribution in [2.75, 3.05) is 47.5 Å². The van der Waals surface area contributed by atoms with Crippen LogP contribution in [0.15, 0.2) is 40.9 Å². The van der Waals surface area contributed by atoms with Crippen LogP contribution in [-0.2, 0) is 50.3 Å². The van der Waals surface area contributed by atoms with E-state index in [0.717, 1.165) is 75.7 Å². The van der Waals surface area contributed by atoms with Gasteiger partial charge in [0.05, 0.1) is 40.0 Å². The lowest BCUT2D eigenvalue weighted by atomic mass is 10.0. The van der Waals surface area contributed by atoms with Crippen LogP contribution >= 0.6 is 7.82 Å². The molecule has 0 aromatic carbocycles. The molecule has 1 saturated heterocycles. The maximum atomic E-state index is 12.7. The standard InChI is InChI=1S/C48H82NO10P/c1-8-10-25-32-45-46(59-45)33-27-22-18-13-11-12-14-20-24-29-35-48(51)57-42(39-56-60(52,53)55-37-36-49(5,6)7)38-54-47(50)34-28-23-19-16-15-17-21-26-31-44-41(4)40(3)43(58-44)30-9-2/h11,13-14,20,22,27,42,45-46H,8-10,12,15-19,21,23-26,28-39H2,1-7H3/b13-11-,20-14-,27-22-/t42-,45?,46?/m1/s1. The van der Waals surface area contributed by atoms with Crippen molar-refractivity contribution in [1.82, 2.24) is 0 Å². The van der Waals surface area contributed by atoms with Crippen LogP contribution in [0.5, 0.6) is 0 Å². The van der Waals surface area contributed by atoms with E-state index in [0.29, 0.717) is 42.5 Å². The van der Waals surface area contributed by atoms with Crippen molar-refractivity contribution in [2.24, 2.45) is 0 Å². The number of furan rings is 1. The number of phosphoric acid groups is 1. The van der Waals surface area contributed by atoms with Gasteiger partial charge < -0.3 is 37.1 Å². The first-order valence-electron chi connectivity index (χ1n) is 23.2. The molecule has 0 radical (unpaired) electrons. The molecular weight excluding hydrogens is 781 g/mol. The molecule has 1 aromatic heterocycles. The number of unbranched alkanes of at least 4 members (excludes halogenated alkanes) is 10. The van der Waals surface area contributed by atoms with Crippen molar-refractivity contribution in [1.29, 1.82) is 0 Å². The van der Waals surface area contributed by atoms with Crippen molar-refractivity contribution >= 4 is 19.8 Å². The number of allylic oxidation sites excluding steroid dienone is 5. The number of epoxide rings is 1. The summed E-state index contributed by atoms with van der Waals surface area (Å²) in [4.78, 5) is 37.7. The van der Waals surface area contributed by atoms with Gasteiger partial charge in [-0.25, -0.2) is 0 Å². The topological polar surface area (TPSA) is 137 Å². The molecule has 12 heteroatoms. The van der Waals surface area contributed by atoms with Crippen molar-refractivity contribution in [2.45, 2.75) is 187 Å². The van der Waals surface area contributed by atoms with Gasteiger partial charge in [-0.05, 0) is 82.8 Å². The molecule has 11 nitrogen and oxygen atoms in total. The third-order valence-electron chi connectivity index (χ3n) is 10.8. The van der Waals surface area contributed by atoms with Gasteiger partial charge in [0.1, 0.15) is 31.3 Å². The average molecular weight is 864 g/mol. The third-order valence-corrected chi connectivity index (χ3v) is 11.7. The Bertz CT molecular complexity index is 1460. The van der Waals surface area contributed by atoms with Gasteiger partial charge in [-0.3, -0.25) is 14.2 Å². The summed E-state index contributed by atoms with van der Waals surface area (Å²) in [6, 6.07) is 0. The Morgan fingerprint density at radius 2 is 1.33 bits per heavy atom. The molecule has 4 atom stereocenters. The van der Waals surface area contributed by atoms with Gasteiger partial charge in [-0.2, -0.15) is 0 Å².